The Balaban J connectivity index is 2.08. The molecule has 0 atom stereocenters. The molecule has 6 heteroatoms. The largest absolute Gasteiger partial charge is 0.302 e. The highest BCUT2D eigenvalue weighted by atomic mass is 16.6. The van der Waals surface area contributed by atoms with Gasteiger partial charge in [-0.05, 0) is 25.3 Å². The monoisotopic (exact) mass is 246 g/mol. The van der Waals surface area contributed by atoms with Crippen molar-refractivity contribution in [3.05, 3.63) is 33.9 Å². The van der Waals surface area contributed by atoms with Crippen molar-refractivity contribution in [2.45, 2.75) is 25.3 Å². The van der Waals surface area contributed by atoms with Gasteiger partial charge in [0.25, 0.3) is 17.4 Å². The summed E-state index contributed by atoms with van der Waals surface area (Å²) in [6.07, 6.45) is 2.82. The van der Waals surface area contributed by atoms with Gasteiger partial charge in [0.1, 0.15) is 0 Å². The molecule has 3 rings (SSSR count). The molecule has 0 spiro atoms. The molecule has 1 aromatic rings. The number of amides is 1. The van der Waals surface area contributed by atoms with Crippen LogP contribution in [0.3, 0.4) is 0 Å². The van der Waals surface area contributed by atoms with E-state index >= 15 is 0 Å². The summed E-state index contributed by atoms with van der Waals surface area (Å²) in [7, 11) is 0. The van der Waals surface area contributed by atoms with Crippen molar-refractivity contribution >= 4 is 23.1 Å². The van der Waals surface area contributed by atoms with Crippen LogP contribution < -0.4 is 4.90 Å². The lowest BCUT2D eigenvalue weighted by atomic mass is 9.91. The molecule has 0 aromatic heterocycles. The van der Waals surface area contributed by atoms with Crippen LogP contribution in [0.25, 0.3) is 0 Å². The van der Waals surface area contributed by atoms with Gasteiger partial charge in [0.05, 0.1) is 16.2 Å². The van der Waals surface area contributed by atoms with Crippen molar-refractivity contribution in [2.75, 3.05) is 4.90 Å². The van der Waals surface area contributed by atoms with Crippen LogP contribution in [0.5, 0.6) is 0 Å². The van der Waals surface area contributed by atoms with E-state index in [0.717, 1.165) is 19.3 Å². The van der Waals surface area contributed by atoms with E-state index < -0.39 is 16.6 Å². The Morgan fingerprint density at radius 1 is 1.28 bits per heavy atom. The summed E-state index contributed by atoms with van der Waals surface area (Å²) in [5, 5.41) is 10.7. The van der Waals surface area contributed by atoms with Crippen molar-refractivity contribution in [2.24, 2.45) is 0 Å². The van der Waals surface area contributed by atoms with Crippen molar-refractivity contribution in [1.29, 1.82) is 0 Å². The maximum Gasteiger partial charge on any atom is 0.299 e. The fourth-order valence-corrected chi connectivity index (χ4v) is 2.37. The second-order valence-electron chi connectivity index (χ2n) is 4.55. The van der Waals surface area contributed by atoms with Crippen molar-refractivity contribution in [1.82, 2.24) is 0 Å². The molecule has 0 saturated heterocycles. The highest BCUT2D eigenvalue weighted by Crippen LogP contribution is 2.38. The molecule has 2 aliphatic rings. The zero-order valence-corrected chi connectivity index (χ0v) is 9.46. The van der Waals surface area contributed by atoms with Crippen LogP contribution in [0.4, 0.5) is 11.4 Å². The first-order chi connectivity index (χ1) is 8.59. The van der Waals surface area contributed by atoms with Crippen LogP contribution in [0, 0.1) is 10.1 Å². The average Bonchev–Trinajstić information content (AvgIpc) is 2.52. The van der Waals surface area contributed by atoms with E-state index in [1.165, 1.54) is 23.1 Å². The first-order valence-electron chi connectivity index (χ1n) is 5.76. The van der Waals surface area contributed by atoms with Gasteiger partial charge in [-0.25, -0.2) is 0 Å². The van der Waals surface area contributed by atoms with Crippen LogP contribution in [-0.2, 0) is 4.79 Å². The molecule has 1 amide bonds. The molecule has 0 bridgehead atoms. The van der Waals surface area contributed by atoms with Crippen LogP contribution in [-0.4, -0.2) is 22.7 Å². The Bertz CT molecular complexity index is 577. The van der Waals surface area contributed by atoms with Crippen LogP contribution >= 0.6 is 0 Å². The SMILES string of the molecule is O=C1C(=O)N(C2CCC2)c2ccc([N+](=O)[O-])cc21. The minimum atomic E-state index is -0.638. The number of nitro groups is 1. The summed E-state index contributed by atoms with van der Waals surface area (Å²) in [5.41, 5.74) is 0.506. The number of hydrogen-bond donors (Lipinski definition) is 0. The molecule has 6 nitrogen and oxygen atoms in total. The highest BCUT2D eigenvalue weighted by molar-refractivity contribution is 6.52. The van der Waals surface area contributed by atoms with Gasteiger partial charge < -0.3 is 4.90 Å². The van der Waals surface area contributed by atoms with E-state index in [4.69, 9.17) is 0 Å². The first-order valence-corrected chi connectivity index (χ1v) is 5.76. The quantitative estimate of drug-likeness (QED) is 0.451. The normalized spacial score (nSPS) is 18.8. The number of rotatable bonds is 2. The molecular weight excluding hydrogens is 236 g/mol. The third-order valence-electron chi connectivity index (χ3n) is 3.55. The molecule has 1 saturated carbocycles. The Kier molecular flexibility index (Phi) is 2.19. The van der Waals surface area contributed by atoms with E-state index in [1.807, 2.05) is 0 Å². The van der Waals surface area contributed by atoms with E-state index in [2.05, 4.69) is 0 Å². The topological polar surface area (TPSA) is 80.5 Å². The summed E-state index contributed by atoms with van der Waals surface area (Å²) >= 11 is 0. The van der Waals surface area contributed by atoms with Gasteiger partial charge >= 0.3 is 0 Å². The molecule has 18 heavy (non-hydrogen) atoms. The van der Waals surface area contributed by atoms with Gasteiger partial charge in [-0.1, -0.05) is 0 Å². The van der Waals surface area contributed by atoms with Crippen LogP contribution in [0.15, 0.2) is 18.2 Å². The molecule has 0 unspecified atom stereocenters. The second-order valence-corrected chi connectivity index (χ2v) is 4.55. The molecule has 0 radical (unpaired) electrons. The van der Waals surface area contributed by atoms with Crippen molar-refractivity contribution in [3.63, 3.8) is 0 Å². The number of non-ortho nitro benzene ring substituents is 1. The van der Waals surface area contributed by atoms with Gasteiger partial charge in [-0.2, -0.15) is 0 Å². The molecule has 1 heterocycles. The summed E-state index contributed by atoms with van der Waals surface area (Å²) in [4.78, 5) is 35.3. The molecule has 92 valence electrons. The Hall–Kier alpha value is -2.24. The summed E-state index contributed by atoms with van der Waals surface area (Å²) in [5.74, 6) is -1.20. The van der Waals surface area contributed by atoms with Crippen LogP contribution in [0.1, 0.15) is 29.6 Å². The number of nitrogens with zero attached hydrogens (tertiary/aromatic N) is 2. The number of hydrogen-bond acceptors (Lipinski definition) is 4. The average molecular weight is 246 g/mol. The third kappa shape index (κ3) is 1.35. The van der Waals surface area contributed by atoms with Crippen molar-refractivity contribution < 1.29 is 14.5 Å². The predicted molar refractivity (Wildman–Crippen MR) is 62.6 cm³/mol. The number of anilines is 1. The number of nitro benzene ring substituents is 1. The smallest absolute Gasteiger partial charge is 0.299 e. The predicted octanol–water partition coefficient (Wildman–Crippen LogP) is 1.68. The van der Waals surface area contributed by atoms with E-state index in [0.29, 0.717) is 5.69 Å². The maximum atomic E-state index is 11.9. The number of carbonyl (C=O) groups is 2. The first kappa shape index (κ1) is 10.9. The number of benzene rings is 1. The van der Waals surface area contributed by atoms with Crippen molar-refractivity contribution in [3.8, 4) is 0 Å². The zero-order valence-electron chi connectivity index (χ0n) is 9.46. The second kappa shape index (κ2) is 3.63. The minimum Gasteiger partial charge on any atom is -0.302 e. The van der Waals surface area contributed by atoms with Gasteiger partial charge in [0.15, 0.2) is 0 Å². The van der Waals surface area contributed by atoms with Crippen LogP contribution in [0.2, 0.25) is 0 Å². The number of Topliss-reactive ketones (excluding diaryl/α,β-unsaturated/α-hetero) is 1. The third-order valence-corrected chi connectivity index (χ3v) is 3.55. The number of ketones is 1. The number of carbonyl (C=O) groups excluding carboxylic acids is 2. The van der Waals surface area contributed by atoms with E-state index in [1.54, 1.807) is 0 Å². The number of fused-ring (bicyclic) bond motifs is 1. The Morgan fingerprint density at radius 2 is 2.00 bits per heavy atom. The van der Waals surface area contributed by atoms with Gasteiger partial charge in [0, 0.05) is 18.2 Å². The lowest BCUT2D eigenvalue weighted by Crippen LogP contribution is -2.43. The summed E-state index contributed by atoms with van der Waals surface area (Å²) in [6, 6.07) is 4.09. The molecule has 1 fully saturated rings. The van der Waals surface area contributed by atoms with Gasteiger partial charge in [-0.15, -0.1) is 0 Å². The summed E-state index contributed by atoms with van der Waals surface area (Å²) < 4.78 is 0. The molecule has 1 aliphatic heterocycles. The van der Waals surface area contributed by atoms with E-state index in [-0.39, 0.29) is 17.3 Å². The maximum absolute atomic E-state index is 11.9. The standard InChI is InChI=1S/C12H10N2O4/c15-11-9-6-8(14(17)18)4-5-10(9)13(12(11)16)7-2-1-3-7/h4-7H,1-3H2. The fraction of sp³-hybridized carbons (Fsp3) is 0.333. The molecule has 0 N–H and O–H groups in total. The zero-order chi connectivity index (χ0) is 12.9. The lowest BCUT2D eigenvalue weighted by molar-refractivity contribution is -0.384. The molecule has 1 aliphatic carbocycles. The minimum absolute atomic E-state index is 0.0733. The summed E-state index contributed by atoms with van der Waals surface area (Å²) in [6.45, 7) is 0. The Labute approximate surface area is 102 Å². The molecule has 1 aromatic carbocycles. The van der Waals surface area contributed by atoms with E-state index in [9.17, 15) is 19.7 Å². The van der Waals surface area contributed by atoms with Gasteiger partial charge in [-0.3, -0.25) is 19.7 Å². The Morgan fingerprint density at radius 3 is 2.56 bits per heavy atom. The molecular formula is C12H10N2O4. The fourth-order valence-electron chi connectivity index (χ4n) is 2.37. The lowest BCUT2D eigenvalue weighted by Gasteiger charge is -2.34. The van der Waals surface area contributed by atoms with Gasteiger partial charge in [0.2, 0.25) is 0 Å². The highest BCUT2D eigenvalue weighted by Gasteiger charge is 2.42.